The van der Waals surface area contributed by atoms with Gasteiger partial charge in [0.25, 0.3) is 0 Å². The first-order valence-electron chi connectivity index (χ1n) is 6.61. The van der Waals surface area contributed by atoms with Crippen molar-refractivity contribution >= 4 is 16.9 Å². The fourth-order valence-electron chi connectivity index (χ4n) is 2.49. The molecule has 0 fully saturated rings. The Labute approximate surface area is 121 Å². The van der Waals surface area contributed by atoms with Gasteiger partial charge in [-0.1, -0.05) is 12.1 Å². The van der Waals surface area contributed by atoms with Crippen LogP contribution in [0.15, 0.2) is 48.7 Å². The lowest BCUT2D eigenvalue weighted by atomic mass is 10.1. The Morgan fingerprint density at radius 1 is 1.19 bits per heavy atom. The van der Waals surface area contributed by atoms with Crippen LogP contribution in [-0.4, -0.2) is 15.6 Å². The molecule has 1 aromatic heterocycles. The molecule has 106 valence electrons. The van der Waals surface area contributed by atoms with Crippen LogP contribution >= 0.6 is 0 Å². The maximum Gasteiger partial charge on any atom is 0.335 e. The minimum atomic E-state index is -1.12. The number of carboxylic acid groups (broad SMARTS) is 1. The Hall–Kier alpha value is -2.62. The number of aromatic nitrogens is 1. The molecule has 21 heavy (non-hydrogen) atoms. The Bertz CT molecular complexity index is 836. The van der Waals surface area contributed by atoms with Crippen molar-refractivity contribution in [3.05, 3.63) is 71.2 Å². The van der Waals surface area contributed by atoms with Crippen LogP contribution in [0.4, 0.5) is 4.39 Å². The zero-order valence-electron chi connectivity index (χ0n) is 11.5. The SMILES string of the molecule is Cc1ccc2ccn(Cc3cc(F)cc(C(=O)O)c3)c2c1. The molecule has 0 radical (unpaired) electrons. The molecule has 0 atom stereocenters. The molecule has 3 rings (SSSR count). The highest BCUT2D eigenvalue weighted by Crippen LogP contribution is 2.19. The van der Waals surface area contributed by atoms with Gasteiger partial charge in [-0.05, 0) is 53.8 Å². The Kier molecular flexibility index (Phi) is 3.22. The molecule has 0 aliphatic heterocycles. The third-order valence-electron chi connectivity index (χ3n) is 3.49. The molecular weight excluding hydrogens is 269 g/mol. The summed E-state index contributed by atoms with van der Waals surface area (Å²) >= 11 is 0. The van der Waals surface area contributed by atoms with Crippen LogP contribution in [0.5, 0.6) is 0 Å². The number of benzene rings is 2. The van der Waals surface area contributed by atoms with E-state index in [-0.39, 0.29) is 5.56 Å². The smallest absolute Gasteiger partial charge is 0.335 e. The molecule has 0 bridgehead atoms. The summed E-state index contributed by atoms with van der Waals surface area (Å²) in [5.74, 6) is -1.65. The van der Waals surface area contributed by atoms with E-state index < -0.39 is 11.8 Å². The average Bonchev–Trinajstić information content (AvgIpc) is 2.80. The topological polar surface area (TPSA) is 42.2 Å². The number of aromatic carboxylic acids is 1. The second-order valence-corrected chi connectivity index (χ2v) is 5.16. The summed E-state index contributed by atoms with van der Waals surface area (Å²) in [5.41, 5.74) is 2.80. The van der Waals surface area contributed by atoms with Crippen LogP contribution < -0.4 is 0 Å². The first-order valence-corrected chi connectivity index (χ1v) is 6.61. The third-order valence-corrected chi connectivity index (χ3v) is 3.49. The quantitative estimate of drug-likeness (QED) is 0.793. The monoisotopic (exact) mass is 283 g/mol. The number of carbonyl (C=O) groups is 1. The molecule has 0 unspecified atom stereocenters. The second-order valence-electron chi connectivity index (χ2n) is 5.16. The molecular formula is C17H14FNO2. The van der Waals surface area contributed by atoms with Crippen molar-refractivity contribution in [2.75, 3.05) is 0 Å². The summed E-state index contributed by atoms with van der Waals surface area (Å²) in [7, 11) is 0. The first-order chi connectivity index (χ1) is 10.0. The molecule has 4 heteroatoms. The van der Waals surface area contributed by atoms with E-state index in [0.717, 1.165) is 22.5 Å². The molecule has 0 spiro atoms. The molecule has 0 saturated carbocycles. The Morgan fingerprint density at radius 2 is 2.00 bits per heavy atom. The lowest BCUT2D eigenvalue weighted by Gasteiger charge is -2.08. The van der Waals surface area contributed by atoms with E-state index in [1.807, 2.05) is 35.9 Å². The van der Waals surface area contributed by atoms with Gasteiger partial charge in [0, 0.05) is 18.3 Å². The van der Waals surface area contributed by atoms with Gasteiger partial charge in [-0.25, -0.2) is 9.18 Å². The van der Waals surface area contributed by atoms with Crippen molar-refractivity contribution in [1.82, 2.24) is 4.57 Å². The summed E-state index contributed by atoms with van der Waals surface area (Å²) < 4.78 is 15.5. The van der Waals surface area contributed by atoms with Gasteiger partial charge < -0.3 is 9.67 Å². The van der Waals surface area contributed by atoms with E-state index in [0.29, 0.717) is 12.1 Å². The highest BCUT2D eigenvalue weighted by molar-refractivity contribution is 5.87. The van der Waals surface area contributed by atoms with Gasteiger partial charge >= 0.3 is 5.97 Å². The first kappa shape index (κ1) is 13.4. The van der Waals surface area contributed by atoms with Crippen molar-refractivity contribution in [3.63, 3.8) is 0 Å². The highest BCUT2D eigenvalue weighted by atomic mass is 19.1. The lowest BCUT2D eigenvalue weighted by molar-refractivity contribution is 0.0696. The summed E-state index contributed by atoms with van der Waals surface area (Å²) in [6.07, 6.45) is 1.93. The molecule has 2 aromatic carbocycles. The number of fused-ring (bicyclic) bond motifs is 1. The van der Waals surface area contributed by atoms with Crippen molar-refractivity contribution < 1.29 is 14.3 Å². The number of halogens is 1. The zero-order chi connectivity index (χ0) is 15.0. The standard InChI is InChI=1S/C17H14FNO2/c1-11-2-3-13-4-5-19(16(13)6-11)10-12-7-14(17(20)21)9-15(18)8-12/h2-9H,10H2,1H3,(H,20,21). The minimum absolute atomic E-state index is 0.0300. The zero-order valence-corrected chi connectivity index (χ0v) is 11.5. The van der Waals surface area contributed by atoms with Gasteiger partial charge in [0.15, 0.2) is 0 Å². The van der Waals surface area contributed by atoms with Gasteiger partial charge in [-0.2, -0.15) is 0 Å². The number of aryl methyl sites for hydroxylation is 1. The van der Waals surface area contributed by atoms with Crippen LogP contribution in [0.2, 0.25) is 0 Å². The average molecular weight is 283 g/mol. The highest BCUT2D eigenvalue weighted by Gasteiger charge is 2.08. The Balaban J connectivity index is 2.02. The van der Waals surface area contributed by atoms with Crippen molar-refractivity contribution in [3.8, 4) is 0 Å². The number of nitrogens with zero attached hydrogens (tertiary/aromatic N) is 1. The molecule has 1 heterocycles. The summed E-state index contributed by atoms with van der Waals surface area (Å²) in [6, 6.07) is 12.0. The van der Waals surface area contributed by atoms with E-state index in [9.17, 15) is 9.18 Å². The van der Waals surface area contributed by atoms with E-state index in [1.165, 1.54) is 12.1 Å². The van der Waals surface area contributed by atoms with Crippen LogP contribution in [0.3, 0.4) is 0 Å². The van der Waals surface area contributed by atoms with E-state index in [1.54, 1.807) is 0 Å². The maximum atomic E-state index is 13.5. The van der Waals surface area contributed by atoms with Crippen LogP contribution in [0, 0.1) is 12.7 Å². The number of hydrogen-bond acceptors (Lipinski definition) is 1. The molecule has 3 aromatic rings. The fourth-order valence-corrected chi connectivity index (χ4v) is 2.49. The van der Waals surface area contributed by atoms with E-state index >= 15 is 0 Å². The third kappa shape index (κ3) is 2.65. The largest absolute Gasteiger partial charge is 0.478 e. The molecule has 0 saturated heterocycles. The number of carboxylic acids is 1. The molecule has 3 nitrogen and oxygen atoms in total. The molecule has 0 aliphatic rings. The van der Waals surface area contributed by atoms with Gasteiger partial charge in [-0.15, -0.1) is 0 Å². The van der Waals surface area contributed by atoms with Crippen molar-refractivity contribution in [1.29, 1.82) is 0 Å². The predicted molar refractivity (Wildman–Crippen MR) is 79.1 cm³/mol. The van der Waals surface area contributed by atoms with Crippen molar-refractivity contribution in [2.24, 2.45) is 0 Å². The number of hydrogen-bond donors (Lipinski definition) is 1. The van der Waals surface area contributed by atoms with E-state index in [2.05, 4.69) is 6.07 Å². The van der Waals surface area contributed by atoms with Gasteiger partial charge in [0.1, 0.15) is 5.82 Å². The fraction of sp³-hybridized carbons (Fsp3) is 0.118. The molecule has 0 aliphatic carbocycles. The summed E-state index contributed by atoms with van der Waals surface area (Å²) in [4.78, 5) is 11.0. The van der Waals surface area contributed by atoms with Gasteiger partial charge in [0.05, 0.1) is 5.56 Å². The molecule has 0 amide bonds. The normalized spacial score (nSPS) is 11.0. The lowest BCUT2D eigenvalue weighted by Crippen LogP contribution is -2.03. The summed E-state index contributed by atoms with van der Waals surface area (Å²) in [5, 5.41) is 10.1. The van der Waals surface area contributed by atoms with Gasteiger partial charge in [0.2, 0.25) is 0 Å². The Morgan fingerprint density at radius 3 is 2.76 bits per heavy atom. The van der Waals surface area contributed by atoms with Crippen molar-refractivity contribution in [2.45, 2.75) is 13.5 Å². The second kappa shape index (κ2) is 5.05. The molecule has 1 N–H and O–H groups in total. The van der Waals surface area contributed by atoms with Crippen LogP contribution in [0.25, 0.3) is 10.9 Å². The summed E-state index contributed by atoms with van der Waals surface area (Å²) in [6.45, 7) is 2.45. The minimum Gasteiger partial charge on any atom is -0.478 e. The van der Waals surface area contributed by atoms with Crippen LogP contribution in [0.1, 0.15) is 21.5 Å². The van der Waals surface area contributed by atoms with E-state index in [4.69, 9.17) is 5.11 Å². The number of rotatable bonds is 3. The maximum absolute atomic E-state index is 13.5. The van der Waals surface area contributed by atoms with Gasteiger partial charge in [-0.3, -0.25) is 0 Å². The van der Waals surface area contributed by atoms with Crippen LogP contribution in [-0.2, 0) is 6.54 Å². The predicted octanol–water partition coefficient (Wildman–Crippen LogP) is 3.84.